The van der Waals surface area contributed by atoms with E-state index in [-0.39, 0.29) is 5.91 Å². The molecular weight excluding hydrogens is 304 g/mol. The maximum Gasteiger partial charge on any atom is 0.255 e. The molecule has 0 unspecified atom stereocenters. The van der Waals surface area contributed by atoms with Gasteiger partial charge in [0.15, 0.2) is 11.5 Å². The lowest BCUT2D eigenvalue weighted by atomic mass is 10.2. The largest absolute Gasteiger partial charge is 0.441 e. The molecule has 0 saturated carbocycles. The number of amides is 1. The normalized spacial score (nSPS) is 10.9. The Bertz CT molecular complexity index is 1000. The lowest BCUT2D eigenvalue weighted by Crippen LogP contribution is -2.11. The van der Waals surface area contributed by atoms with Crippen LogP contribution in [0.2, 0.25) is 0 Å². The van der Waals surface area contributed by atoms with Crippen molar-refractivity contribution in [2.24, 2.45) is 0 Å². The molecule has 4 rings (SSSR count). The van der Waals surface area contributed by atoms with Crippen molar-refractivity contribution >= 4 is 22.7 Å². The van der Waals surface area contributed by atoms with Crippen LogP contribution in [0.25, 0.3) is 16.8 Å². The Morgan fingerprint density at radius 3 is 2.75 bits per heavy atom. The molecular formula is C18H14N4O2. The van der Waals surface area contributed by atoms with E-state index >= 15 is 0 Å². The monoisotopic (exact) mass is 318 g/mol. The maximum atomic E-state index is 12.4. The zero-order valence-corrected chi connectivity index (χ0v) is 12.9. The Kier molecular flexibility index (Phi) is 3.35. The number of carbonyl (C=O) groups is 1. The predicted molar refractivity (Wildman–Crippen MR) is 90.3 cm³/mol. The summed E-state index contributed by atoms with van der Waals surface area (Å²) in [6, 6.07) is 12.7. The zero-order valence-electron chi connectivity index (χ0n) is 12.9. The molecule has 0 fully saturated rings. The van der Waals surface area contributed by atoms with E-state index < -0.39 is 0 Å². The molecule has 2 aromatic carbocycles. The lowest BCUT2D eigenvalue weighted by Gasteiger charge is -2.06. The second-order valence-corrected chi connectivity index (χ2v) is 5.39. The van der Waals surface area contributed by atoms with Gasteiger partial charge in [-0.25, -0.2) is 9.97 Å². The molecule has 0 saturated heterocycles. The molecule has 1 amide bonds. The lowest BCUT2D eigenvalue weighted by molar-refractivity contribution is 0.102. The molecule has 0 radical (unpaired) electrons. The fourth-order valence-corrected chi connectivity index (χ4v) is 2.52. The molecule has 0 aliphatic rings. The van der Waals surface area contributed by atoms with Crippen molar-refractivity contribution in [2.45, 2.75) is 6.92 Å². The van der Waals surface area contributed by atoms with Crippen LogP contribution in [0.3, 0.4) is 0 Å². The van der Waals surface area contributed by atoms with E-state index in [1.54, 1.807) is 49.8 Å². The minimum Gasteiger partial charge on any atom is -0.441 e. The Morgan fingerprint density at radius 1 is 1.17 bits per heavy atom. The molecule has 4 aromatic rings. The summed E-state index contributed by atoms with van der Waals surface area (Å²) in [7, 11) is 0. The smallest absolute Gasteiger partial charge is 0.255 e. The number of fused-ring (bicyclic) bond motifs is 1. The summed E-state index contributed by atoms with van der Waals surface area (Å²) < 4.78 is 7.31. The van der Waals surface area contributed by atoms with Crippen LogP contribution in [0.4, 0.5) is 5.69 Å². The summed E-state index contributed by atoms with van der Waals surface area (Å²) in [6.07, 6.45) is 5.27. The minimum absolute atomic E-state index is 0.174. The van der Waals surface area contributed by atoms with Crippen molar-refractivity contribution in [1.29, 1.82) is 0 Å². The standard InChI is InChI=1S/C18H14N4O2/c1-12-20-16-10-14(4-7-17(16)24-12)21-18(23)13-2-5-15(6-3-13)22-9-8-19-11-22/h2-11H,1H3,(H,21,23). The highest BCUT2D eigenvalue weighted by Gasteiger charge is 2.08. The van der Waals surface area contributed by atoms with E-state index in [1.165, 1.54) is 0 Å². The van der Waals surface area contributed by atoms with Crippen molar-refractivity contribution in [3.05, 3.63) is 72.6 Å². The number of rotatable bonds is 3. The summed E-state index contributed by atoms with van der Waals surface area (Å²) in [4.78, 5) is 20.7. The fraction of sp³-hybridized carbons (Fsp3) is 0.0556. The quantitative estimate of drug-likeness (QED) is 0.626. The number of benzene rings is 2. The van der Waals surface area contributed by atoms with Crippen molar-refractivity contribution in [3.63, 3.8) is 0 Å². The number of aromatic nitrogens is 3. The molecule has 6 heteroatoms. The van der Waals surface area contributed by atoms with Gasteiger partial charge >= 0.3 is 0 Å². The van der Waals surface area contributed by atoms with Crippen LogP contribution in [-0.2, 0) is 0 Å². The number of nitrogens with zero attached hydrogens (tertiary/aromatic N) is 3. The van der Waals surface area contributed by atoms with Crippen LogP contribution in [0, 0.1) is 6.92 Å². The molecule has 0 aliphatic heterocycles. The van der Waals surface area contributed by atoms with Gasteiger partial charge < -0.3 is 14.3 Å². The second-order valence-electron chi connectivity index (χ2n) is 5.39. The van der Waals surface area contributed by atoms with Crippen LogP contribution >= 0.6 is 0 Å². The number of imidazole rings is 1. The number of nitrogens with one attached hydrogen (secondary N) is 1. The van der Waals surface area contributed by atoms with E-state index in [4.69, 9.17) is 4.42 Å². The minimum atomic E-state index is -0.174. The summed E-state index contributed by atoms with van der Waals surface area (Å²) in [5.41, 5.74) is 3.63. The molecule has 0 spiro atoms. The van der Waals surface area contributed by atoms with Crippen molar-refractivity contribution in [1.82, 2.24) is 14.5 Å². The van der Waals surface area contributed by atoms with Crippen LogP contribution in [0.1, 0.15) is 16.2 Å². The second kappa shape index (κ2) is 5.66. The molecule has 1 N–H and O–H groups in total. The Morgan fingerprint density at radius 2 is 2.00 bits per heavy atom. The van der Waals surface area contributed by atoms with Gasteiger partial charge in [-0.05, 0) is 42.5 Å². The van der Waals surface area contributed by atoms with Crippen LogP contribution in [-0.4, -0.2) is 20.4 Å². The maximum absolute atomic E-state index is 12.4. The van der Waals surface area contributed by atoms with Crippen LogP contribution in [0.5, 0.6) is 0 Å². The highest BCUT2D eigenvalue weighted by molar-refractivity contribution is 6.05. The first-order chi connectivity index (χ1) is 11.7. The molecule has 24 heavy (non-hydrogen) atoms. The average Bonchev–Trinajstić information content (AvgIpc) is 3.23. The van der Waals surface area contributed by atoms with E-state index in [0.717, 1.165) is 11.2 Å². The summed E-state index contributed by atoms with van der Waals surface area (Å²) in [6.45, 7) is 1.79. The van der Waals surface area contributed by atoms with Gasteiger partial charge in [-0.3, -0.25) is 4.79 Å². The first-order valence-corrected chi connectivity index (χ1v) is 7.46. The number of anilines is 1. The molecule has 118 valence electrons. The molecule has 2 heterocycles. The highest BCUT2D eigenvalue weighted by atomic mass is 16.3. The van der Waals surface area contributed by atoms with Crippen LogP contribution < -0.4 is 5.32 Å². The van der Waals surface area contributed by atoms with E-state index in [0.29, 0.717) is 22.7 Å². The third-order valence-corrected chi connectivity index (χ3v) is 3.68. The topological polar surface area (TPSA) is 73.0 Å². The van der Waals surface area contributed by atoms with Gasteiger partial charge in [0.2, 0.25) is 0 Å². The summed E-state index contributed by atoms with van der Waals surface area (Å²) in [5.74, 6) is 0.426. The third kappa shape index (κ3) is 2.65. The number of hydrogen-bond acceptors (Lipinski definition) is 4. The van der Waals surface area contributed by atoms with E-state index in [1.807, 2.05) is 22.9 Å². The zero-order chi connectivity index (χ0) is 16.5. The molecule has 0 aliphatic carbocycles. The van der Waals surface area contributed by atoms with Gasteiger partial charge in [-0.15, -0.1) is 0 Å². The fourth-order valence-electron chi connectivity index (χ4n) is 2.52. The molecule has 6 nitrogen and oxygen atoms in total. The van der Waals surface area contributed by atoms with Crippen LogP contribution in [0.15, 0.2) is 65.6 Å². The first-order valence-electron chi connectivity index (χ1n) is 7.46. The van der Waals surface area contributed by atoms with Gasteiger partial charge in [0.25, 0.3) is 5.91 Å². The van der Waals surface area contributed by atoms with Gasteiger partial charge in [0, 0.05) is 36.3 Å². The highest BCUT2D eigenvalue weighted by Crippen LogP contribution is 2.20. The molecule has 0 bridgehead atoms. The molecule has 0 atom stereocenters. The van der Waals surface area contributed by atoms with Gasteiger partial charge in [-0.1, -0.05) is 0 Å². The van der Waals surface area contributed by atoms with Gasteiger partial charge in [-0.2, -0.15) is 0 Å². The number of oxazole rings is 1. The summed E-state index contributed by atoms with van der Waals surface area (Å²) in [5, 5.41) is 2.87. The SMILES string of the molecule is Cc1nc2cc(NC(=O)c3ccc(-n4ccnc4)cc3)ccc2o1. The van der Waals surface area contributed by atoms with Crippen molar-refractivity contribution in [3.8, 4) is 5.69 Å². The summed E-state index contributed by atoms with van der Waals surface area (Å²) >= 11 is 0. The Hall–Kier alpha value is -3.41. The predicted octanol–water partition coefficient (Wildman–Crippen LogP) is 3.57. The molecule has 2 aromatic heterocycles. The van der Waals surface area contributed by atoms with E-state index in [2.05, 4.69) is 15.3 Å². The Labute approximate surface area is 137 Å². The Balaban J connectivity index is 1.54. The average molecular weight is 318 g/mol. The van der Waals surface area contributed by atoms with Crippen molar-refractivity contribution in [2.75, 3.05) is 5.32 Å². The first kappa shape index (κ1) is 14.2. The third-order valence-electron chi connectivity index (χ3n) is 3.68. The number of aryl methyl sites for hydroxylation is 1. The van der Waals surface area contributed by atoms with E-state index in [9.17, 15) is 4.79 Å². The van der Waals surface area contributed by atoms with Crippen molar-refractivity contribution < 1.29 is 9.21 Å². The number of carbonyl (C=O) groups excluding carboxylic acids is 1. The van der Waals surface area contributed by atoms with Gasteiger partial charge in [0.05, 0.1) is 6.33 Å². The number of hydrogen-bond donors (Lipinski definition) is 1. The van der Waals surface area contributed by atoms with Gasteiger partial charge in [0.1, 0.15) is 5.52 Å².